The van der Waals surface area contributed by atoms with E-state index in [2.05, 4.69) is 17.1 Å². The van der Waals surface area contributed by atoms with Crippen LogP contribution in [-0.2, 0) is 19.3 Å². The zero-order valence-electron chi connectivity index (χ0n) is 20.4. The fourth-order valence-corrected chi connectivity index (χ4v) is 5.59. The first-order chi connectivity index (χ1) is 17.5. The van der Waals surface area contributed by atoms with E-state index in [1.807, 2.05) is 4.90 Å². The summed E-state index contributed by atoms with van der Waals surface area (Å²) in [5, 5.41) is 7.03. The second-order valence-corrected chi connectivity index (χ2v) is 10.2. The highest BCUT2D eigenvalue weighted by Gasteiger charge is 2.41. The van der Waals surface area contributed by atoms with Gasteiger partial charge < -0.3 is 14.7 Å². The summed E-state index contributed by atoms with van der Waals surface area (Å²) in [4.78, 5) is 31.2. The number of piperidine rings is 2. The number of nitrogens with one attached hydrogen (secondary N) is 1. The number of amides is 3. The molecule has 3 amide bonds. The van der Waals surface area contributed by atoms with Crippen molar-refractivity contribution >= 4 is 11.9 Å². The summed E-state index contributed by atoms with van der Waals surface area (Å²) in [7, 11) is 0. The zero-order valence-corrected chi connectivity index (χ0v) is 20.4. The first-order valence-corrected chi connectivity index (χ1v) is 12.5. The number of carbonyl (C=O) groups excluding carboxylic acids is 2. The minimum Gasteiger partial charge on any atom is -0.337 e. The molecule has 3 aliphatic rings. The predicted molar refractivity (Wildman–Crippen MR) is 122 cm³/mol. The molecule has 7 nitrogen and oxygen atoms in total. The van der Waals surface area contributed by atoms with Gasteiger partial charge in [-0.1, -0.05) is 13.0 Å². The SMILES string of the molecule is CC1CCN(C(=O)N2Cc3[nH]nc(C(=O)N4CCC(c5ccc(F)c(F)c5C(F)(F)F)CC4)c3C2)CC1. The van der Waals surface area contributed by atoms with Gasteiger partial charge in [0.25, 0.3) is 5.91 Å². The van der Waals surface area contributed by atoms with Crippen molar-refractivity contribution in [2.75, 3.05) is 26.2 Å². The minimum absolute atomic E-state index is 0.0669. The zero-order chi connectivity index (χ0) is 26.5. The number of carbonyl (C=O) groups is 2. The molecule has 0 atom stereocenters. The quantitative estimate of drug-likeness (QED) is 0.568. The van der Waals surface area contributed by atoms with Crippen molar-refractivity contribution in [2.45, 2.75) is 57.8 Å². The van der Waals surface area contributed by atoms with Crippen LogP contribution in [0.25, 0.3) is 0 Å². The molecule has 0 radical (unpaired) electrons. The smallest absolute Gasteiger partial charge is 0.337 e. The lowest BCUT2D eigenvalue weighted by Crippen LogP contribution is -2.44. The summed E-state index contributed by atoms with van der Waals surface area (Å²) in [5.74, 6) is -3.87. The summed E-state index contributed by atoms with van der Waals surface area (Å²) < 4.78 is 68.0. The molecule has 2 aromatic rings. The van der Waals surface area contributed by atoms with Crippen molar-refractivity contribution in [3.05, 3.63) is 51.8 Å². The Morgan fingerprint density at radius 3 is 2.24 bits per heavy atom. The molecule has 5 rings (SSSR count). The van der Waals surface area contributed by atoms with Gasteiger partial charge in [0.05, 0.1) is 24.3 Å². The number of urea groups is 1. The molecule has 1 aromatic carbocycles. The van der Waals surface area contributed by atoms with Crippen LogP contribution in [0.15, 0.2) is 12.1 Å². The van der Waals surface area contributed by atoms with Gasteiger partial charge in [-0.2, -0.15) is 18.3 Å². The number of rotatable bonds is 2. The second-order valence-electron chi connectivity index (χ2n) is 10.2. The van der Waals surface area contributed by atoms with Crippen LogP contribution in [0.4, 0.5) is 26.7 Å². The molecule has 0 saturated carbocycles. The Morgan fingerprint density at radius 2 is 1.59 bits per heavy atom. The molecule has 37 heavy (non-hydrogen) atoms. The molecule has 200 valence electrons. The number of H-pyrrole nitrogens is 1. The Hall–Kier alpha value is -3.18. The Kier molecular flexibility index (Phi) is 6.61. The lowest BCUT2D eigenvalue weighted by Gasteiger charge is -2.33. The number of fused-ring (bicyclic) bond motifs is 1. The lowest BCUT2D eigenvalue weighted by molar-refractivity contribution is -0.141. The Bertz CT molecular complexity index is 1200. The number of alkyl halides is 3. The van der Waals surface area contributed by atoms with Gasteiger partial charge in [0.15, 0.2) is 17.3 Å². The van der Waals surface area contributed by atoms with E-state index < -0.39 is 29.3 Å². The first kappa shape index (κ1) is 25.5. The number of nitrogens with zero attached hydrogens (tertiary/aromatic N) is 4. The van der Waals surface area contributed by atoms with Crippen LogP contribution in [0.5, 0.6) is 0 Å². The molecule has 2 saturated heterocycles. The van der Waals surface area contributed by atoms with Crippen LogP contribution in [0.2, 0.25) is 0 Å². The number of aromatic amines is 1. The molecular weight excluding hydrogens is 497 g/mol. The van der Waals surface area contributed by atoms with Gasteiger partial charge in [-0.3, -0.25) is 9.89 Å². The Labute approximate surface area is 210 Å². The Morgan fingerprint density at radius 1 is 0.946 bits per heavy atom. The van der Waals surface area contributed by atoms with Crippen molar-refractivity contribution in [2.24, 2.45) is 5.92 Å². The summed E-state index contributed by atoms with van der Waals surface area (Å²) in [6.45, 7) is 4.47. The maximum atomic E-state index is 14.1. The van der Waals surface area contributed by atoms with E-state index in [1.54, 1.807) is 4.90 Å². The molecule has 1 aromatic heterocycles. The van der Waals surface area contributed by atoms with Gasteiger partial charge in [-0.15, -0.1) is 0 Å². The number of aromatic nitrogens is 2. The second kappa shape index (κ2) is 9.60. The third-order valence-corrected chi connectivity index (χ3v) is 7.81. The first-order valence-electron chi connectivity index (χ1n) is 12.5. The maximum Gasteiger partial charge on any atom is 0.419 e. The van der Waals surface area contributed by atoms with Crippen molar-refractivity contribution < 1.29 is 31.5 Å². The normalized spacial score (nSPS) is 19.5. The summed E-state index contributed by atoms with van der Waals surface area (Å²) in [6.07, 6.45) is -2.77. The highest BCUT2D eigenvalue weighted by Crippen LogP contribution is 2.41. The van der Waals surface area contributed by atoms with Gasteiger partial charge in [-0.05, 0) is 49.1 Å². The van der Waals surface area contributed by atoms with Crippen molar-refractivity contribution in [3.63, 3.8) is 0 Å². The molecule has 0 spiro atoms. The highest BCUT2D eigenvalue weighted by molar-refractivity contribution is 5.94. The minimum atomic E-state index is -5.03. The van der Waals surface area contributed by atoms with Crippen molar-refractivity contribution in [3.8, 4) is 0 Å². The van der Waals surface area contributed by atoms with E-state index in [-0.39, 0.29) is 55.7 Å². The van der Waals surface area contributed by atoms with Crippen LogP contribution in [0.3, 0.4) is 0 Å². The molecular formula is C25H28F5N5O2. The van der Waals surface area contributed by atoms with E-state index in [9.17, 15) is 31.5 Å². The molecule has 0 aliphatic carbocycles. The number of hydrogen-bond acceptors (Lipinski definition) is 3. The molecule has 1 N–H and O–H groups in total. The van der Waals surface area contributed by atoms with Gasteiger partial charge >= 0.3 is 12.2 Å². The Balaban J connectivity index is 1.24. The number of halogens is 5. The van der Waals surface area contributed by atoms with E-state index in [1.165, 1.54) is 4.90 Å². The molecule has 4 heterocycles. The van der Waals surface area contributed by atoms with Crippen LogP contribution in [-0.4, -0.2) is 63.0 Å². The lowest BCUT2D eigenvalue weighted by atomic mass is 9.86. The van der Waals surface area contributed by atoms with Gasteiger partial charge in [0.2, 0.25) is 0 Å². The topological polar surface area (TPSA) is 72.5 Å². The predicted octanol–water partition coefficient (Wildman–Crippen LogP) is 4.89. The molecule has 0 unspecified atom stereocenters. The highest BCUT2D eigenvalue weighted by atomic mass is 19.4. The fourth-order valence-electron chi connectivity index (χ4n) is 5.59. The van der Waals surface area contributed by atoms with E-state index in [0.717, 1.165) is 18.9 Å². The van der Waals surface area contributed by atoms with Gasteiger partial charge in [0.1, 0.15) is 0 Å². The average molecular weight is 526 g/mol. The van der Waals surface area contributed by atoms with Crippen molar-refractivity contribution in [1.82, 2.24) is 24.9 Å². The summed E-state index contributed by atoms with van der Waals surface area (Å²) in [5.41, 5.74) is -0.296. The van der Waals surface area contributed by atoms with E-state index >= 15 is 0 Å². The van der Waals surface area contributed by atoms with E-state index in [0.29, 0.717) is 42.9 Å². The van der Waals surface area contributed by atoms with Crippen LogP contribution in [0.1, 0.15) is 71.4 Å². The largest absolute Gasteiger partial charge is 0.419 e. The molecule has 12 heteroatoms. The van der Waals surface area contributed by atoms with Gasteiger partial charge in [-0.25, -0.2) is 13.6 Å². The third kappa shape index (κ3) is 4.77. The average Bonchev–Trinajstić information content (AvgIpc) is 3.46. The van der Waals surface area contributed by atoms with Crippen LogP contribution < -0.4 is 0 Å². The summed E-state index contributed by atoms with van der Waals surface area (Å²) >= 11 is 0. The standard InChI is InChI=1S/C25H28F5N5O2/c1-14-4-8-34(9-5-14)24(37)35-12-17-19(13-35)31-32-22(17)23(36)33-10-6-15(7-11-33)16-2-3-18(26)21(27)20(16)25(28,29)30/h2-3,14-15H,4-13H2,1H3,(H,31,32). The monoisotopic (exact) mass is 525 g/mol. The third-order valence-electron chi connectivity index (χ3n) is 7.81. The molecule has 2 fully saturated rings. The van der Waals surface area contributed by atoms with E-state index in [4.69, 9.17) is 0 Å². The van der Waals surface area contributed by atoms with Crippen LogP contribution >= 0.6 is 0 Å². The van der Waals surface area contributed by atoms with Crippen molar-refractivity contribution in [1.29, 1.82) is 0 Å². The van der Waals surface area contributed by atoms with Crippen LogP contribution in [0, 0.1) is 17.6 Å². The molecule has 3 aliphatic heterocycles. The summed E-state index contributed by atoms with van der Waals surface area (Å²) in [6, 6.07) is 1.63. The van der Waals surface area contributed by atoms with Gasteiger partial charge in [0, 0.05) is 31.7 Å². The molecule has 0 bridgehead atoms. The number of hydrogen-bond donors (Lipinski definition) is 1. The number of likely N-dealkylation sites (tertiary alicyclic amines) is 2. The maximum absolute atomic E-state index is 14.1. The fraction of sp³-hybridized carbons (Fsp3) is 0.560. The number of benzene rings is 1.